The van der Waals surface area contributed by atoms with Crippen molar-refractivity contribution in [2.24, 2.45) is 0 Å². The summed E-state index contributed by atoms with van der Waals surface area (Å²) in [4.78, 5) is 14.7. The van der Waals surface area contributed by atoms with Gasteiger partial charge in [-0.15, -0.1) is 0 Å². The summed E-state index contributed by atoms with van der Waals surface area (Å²) < 4.78 is 1.17. The molecule has 24 heavy (non-hydrogen) atoms. The minimum atomic E-state index is 0.186. The number of hydrogen-bond acceptors (Lipinski definition) is 2. The average Bonchev–Trinajstić information content (AvgIpc) is 2.91. The number of anilines is 1. The van der Waals surface area contributed by atoms with Crippen molar-refractivity contribution >= 4 is 46.2 Å². The van der Waals surface area contributed by atoms with E-state index in [0.29, 0.717) is 0 Å². The molecule has 2 aromatic rings. The maximum Gasteiger partial charge on any atom is 0.185 e. The SMILES string of the molecule is CN(C)c1ccc(C=C2CCC(=Cc3ccccc3I)C2=O)cc1. The van der Waals surface area contributed by atoms with Crippen LogP contribution in [0.2, 0.25) is 0 Å². The van der Waals surface area contributed by atoms with Crippen molar-refractivity contribution in [3.8, 4) is 0 Å². The third-order valence-corrected chi connectivity index (χ3v) is 5.21. The molecule has 0 N–H and O–H groups in total. The van der Waals surface area contributed by atoms with Gasteiger partial charge < -0.3 is 4.90 Å². The molecule has 1 fully saturated rings. The quantitative estimate of drug-likeness (QED) is 0.495. The lowest BCUT2D eigenvalue weighted by molar-refractivity contribution is -0.111. The van der Waals surface area contributed by atoms with Gasteiger partial charge in [0, 0.05) is 34.5 Å². The minimum absolute atomic E-state index is 0.186. The summed E-state index contributed by atoms with van der Waals surface area (Å²) >= 11 is 2.31. The molecule has 1 aliphatic rings. The van der Waals surface area contributed by atoms with Gasteiger partial charge >= 0.3 is 0 Å². The van der Waals surface area contributed by atoms with E-state index in [1.807, 2.05) is 38.4 Å². The van der Waals surface area contributed by atoms with Gasteiger partial charge in [0.1, 0.15) is 0 Å². The number of rotatable bonds is 3. The number of nitrogens with zero attached hydrogens (tertiary/aromatic N) is 1. The number of ketones is 1. The predicted molar refractivity (Wildman–Crippen MR) is 110 cm³/mol. The summed E-state index contributed by atoms with van der Waals surface area (Å²) in [6.07, 6.45) is 5.72. The van der Waals surface area contributed by atoms with Gasteiger partial charge in [0.05, 0.1) is 0 Å². The van der Waals surface area contributed by atoms with E-state index in [9.17, 15) is 4.79 Å². The van der Waals surface area contributed by atoms with Gasteiger partial charge in [-0.1, -0.05) is 30.3 Å². The van der Waals surface area contributed by atoms with E-state index in [4.69, 9.17) is 0 Å². The Morgan fingerprint density at radius 3 is 2.17 bits per heavy atom. The molecule has 0 aliphatic heterocycles. The molecule has 0 unspecified atom stereocenters. The summed E-state index contributed by atoms with van der Waals surface area (Å²) in [6.45, 7) is 0. The molecule has 1 saturated carbocycles. The molecular formula is C21H20INO. The summed E-state index contributed by atoms with van der Waals surface area (Å²) in [5, 5.41) is 0. The fraction of sp³-hybridized carbons (Fsp3) is 0.190. The molecular weight excluding hydrogens is 409 g/mol. The highest BCUT2D eigenvalue weighted by atomic mass is 127. The number of allylic oxidation sites excluding steroid dienone is 2. The maximum absolute atomic E-state index is 12.7. The molecule has 2 aromatic carbocycles. The fourth-order valence-corrected chi connectivity index (χ4v) is 3.37. The van der Waals surface area contributed by atoms with Crippen LogP contribution in [0.25, 0.3) is 12.2 Å². The van der Waals surface area contributed by atoms with Gasteiger partial charge in [-0.2, -0.15) is 0 Å². The second kappa shape index (κ2) is 7.34. The normalized spacial score (nSPS) is 17.7. The van der Waals surface area contributed by atoms with Crippen LogP contribution >= 0.6 is 22.6 Å². The highest BCUT2D eigenvalue weighted by Gasteiger charge is 2.23. The summed E-state index contributed by atoms with van der Waals surface area (Å²) in [5.41, 5.74) is 5.19. The van der Waals surface area contributed by atoms with Crippen molar-refractivity contribution in [1.29, 1.82) is 0 Å². The minimum Gasteiger partial charge on any atom is -0.378 e. The lowest BCUT2D eigenvalue weighted by Crippen LogP contribution is -2.07. The van der Waals surface area contributed by atoms with Crippen molar-refractivity contribution in [2.75, 3.05) is 19.0 Å². The van der Waals surface area contributed by atoms with Crippen LogP contribution in [0.3, 0.4) is 0 Å². The molecule has 3 heteroatoms. The van der Waals surface area contributed by atoms with Crippen LogP contribution in [-0.2, 0) is 4.79 Å². The van der Waals surface area contributed by atoms with E-state index < -0.39 is 0 Å². The number of benzene rings is 2. The van der Waals surface area contributed by atoms with Crippen LogP contribution in [0, 0.1) is 3.57 Å². The van der Waals surface area contributed by atoms with Crippen LogP contribution in [0.15, 0.2) is 59.7 Å². The Bertz CT molecular complexity index is 816. The number of hydrogen-bond donors (Lipinski definition) is 0. The standard InChI is InChI=1S/C21H20INO/c1-23(2)19-11-7-15(8-12-19)13-17-9-10-18(21(17)24)14-16-5-3-4-6-20(16)22/h3-8,11-14H,9-10H2,1-2H3. The van der Waals surface area contributed by atoms with Crippen molar-refractivity contribution < 1.29 is 4.79 Å². The number of carbonyl (C=O) groups excluding carboxylic acids is 1. The smallest absolute Gasteiger partial charge is 0.185 e. The molecule has 0 amide bonds. The van der Waals surface area contributed by atoms with Crippen LogP contribution in [-0.4, -0.2) is 19.9 Å². The third kappa shape index (κ3) is 3.78. The topological polar surface area (TPSA) is 20.3 Å². The molecule has 0 spiro atoms. The van der Waals surface area contributed by atoms with Gasteiger partial charge in [0.2, 0.25) is 0 Å². The number of Topliss-reactive ketones (excluding diaryl/α,β-unsaturated/α-hetero) is 1. The Kier molecular flexibility index (Phi) is 5.19. The molecule has 2 nitrogen and oxygen atoms in total. The van der Waals surface area contributed by atoms with E-state index in [1.54, 1.807) is 0 Å². The lowest BCUT2D eigenvalue weighted by Gasteiger charge is -2.11. The van der Waals surface area contributed by atoms with Crippen LogP contribution < -0.4 is 4.90 Å². The second-order valence-electron chi connectivity index (χ2n) is 6.18. The average molecular weight is 429 g/mol. The number of halogens is 1. The molecule has 3 rings (SSSR count). The zero-order valence-corrected chi connectivity index (χ0v) is 16.1. The van der Waals surface area contributed by atoms with E-state index >= 15 is 0 Å². The van der Waals surface area contributed by atoms with Gasteiger partial charge in [0.25, 0.3) is 0 Å². The molecule has 0 aromatic heterocycles. The Balaban J connectivity index is 1.82. The first-order chi connectivity index (χ1) is 11.5. The lowest BCUT2D eigenvalue weighted by atomic mass is 10.1. The van der Waals surface area contributed by atoms with E-state index in [2.05, 4.69) is 63.9 Å². The molecule has 122 valence electrons. The molecule has 0 heterocycles. The zero-order valence-electron chi connectivity index (χ0n) is 13.9. The monoisotopic (exact) mass is 429 g/mol. The maximum atomic E-state index is 12.7. The summed E-state index contributed by atoms with van der Waals surface area (Å²) in [6, 6.07) is 16.4. The Morgan fingerprint density at radius 2 is 1.54 bits per heavy atom. The van der Waals surface area contributed by atoms with Crippen LogP contribution in [0.4, 0.5) is 5.69 Å². The zero-order chi connectivity index (χ0) is 17.1. The second-order valence-corrected chi connectivity index (χ2v) is 7.34. The van der Waals surface area contributed by atoms with Crippen LogP contribution in [0.1, 0.15) is 24.0 Å². The summed E-state index contributed by atoms with van der Waals surface area (Å²) in [7, 11) is 4.05. The van der Waals surface area contributed by atoms with Crippen LogP contribution in [0.5, 0.6) is 0 Å². The van der Waals surface area contributed by atoms with Gasteiger partial charge in [-0.05, 0) is 76.9 Å². The van der Waals surface area contributed by atoms with E-state index in [0.717, 1.165) is 40.8 Å². The Morgan fingerprint density at radius 1 is 0.917 bits per heavy atom. The highest BCUT2D eigenvalue weighted by molar-refractivity contribution is 14.1. The molecule has 1 aliphatic carbocycles. The molecule has 0 atom stereocenters. The van der Waals surface area contributed by atoms with Gasteiger partial charge in [-0.25, -0.2) is 0 Å². The Hall–Kier alpha value is -1.88. The molecule has 0 bridgehead atoms. The Labute approximate surface area is 157 Å². The molecule has 0 radical (unpaired) electrons. The van der Waals surface area contributed by atoms with Gasteiger partial charge in [0.15, 0.2) is 5.78 Å². The van der Waals surface area contributed by atoms with Crippen molar-refractivity contribution in [1.82, 2.24) is 0 Å². The first kappa shape index (κ1) is 17.0. The molecule has 0 saturated heterocycles. The third-order valence-electron chi connectivity index (χ3n) is 4.23. The summed E-state index contributed by atoms with van der Waals surface area (Å²) in [5.74, 6) is 0.186. The largest absolute Gasteiger partial charge is 0.378 e. The fourth-order valence-electron chi connectivity index (χ4n) is 2.83. The number of carbonyl (C=O) groups is 1. The van der Waals surface area contributed by atoms with Crippen molar-refractivity contribution in [2.45, 2.75) is 12.8 Å². The highest BCUT2D eigenvalue weighted by Crippen LogP contribution is 2.30. The van der Waals surface area contributed by atoms with Crippen molar-refractivity contribution in [3.63, 3.8) is 0 Å². The van der Waals surface area contributed by atoms with Crippen molar-refractivity contribution in [3.05, 3.63) is 74.4 Å². The van der Waals surface area contributed by atoms with E-state index in [-0.39, 0.29) is 5.78 Å². The first-order valence-electron chi connectivity index (χ1n) is 8.02. The van der Waals surface area contributed by atoms with Gasteiger partial charge in [-0.3, -0.25) is 4.79 Å². The first-order valence-corrected chi connectivity index (χ1v) is 9.10. The predicted octanol–water partition coefficient (Wildman–Crippen LogP) is 5.19. The van der Waals surface area contributed by atoms with E-state index in [1.165, 1.54) is 3.57 Å².